The van der Waals surface area contributed by atoms with Crippen molar-refractivity contribution < 1.29 is 28.9 Å². The molecule has 10 aromatic heterocycles. The third kappa shape index (κ3) is 23.5. The summed E-state index contributed by atoms with van der Waals surface area (Å²) >= 11 is 16.5. The van der Waals surface area contributed by atoms with Gasteiger partial charge in [-0.25, -0.2) is 34.5 Å². The zero-order valence-electron chi connectivity index (χ0n) is 63.1. The van der Waals surface area contributed by atoms with E-state index >= 15 is 0 Å². The third-order valence-corrected chi connectivity index (χ3v) is 20.6. The molecule has 0 spiro atoms. The zero-order valence-corrected chi connectivity index (χ0v) is 68.6. The first kappa shape index (κ1) is 83.1. The molecule has 17 rings (SSSR count). The van der Waals surface area contributed by atoms with E-state index in [0.717, 1.165) is 213 Å². The van der Waals surface area contributed by atoms with E-state index in [1.165, 1.54) is 37.3 Å². The standard InChI is InChI=1S/C25H32N6O.C20H21BrN4O.C14H8BrClN2.C14H9BrN2O.C7H8N2O2.C6H6N2O2/c1-29-11-13-31(14-12-29)21-6-4-20(5-7-21)23-19-24(25-22(28-23)3-2-8-27-25)26-9-10-30-15-17-32-18-16-30;21-16-5-3-15(4-6-16)18-14-19(20-17(24-18)2-1-7-23-20)22-8-9-25-10-12-26-13-11-25;15-10-5-3-9(4-6-10)13-8-11(16)14-12(18-13)2-1-7-17-14;15-10-5-3-9(4-6-10)12-8-13(18)14-11(17-12)2-1-7-16-14;1-11-7(10)5-3-2-4-9-6(5)8;7-5-4(6(9)10)2-1-3-8-5/h2-8,19H,9-18H2,1H3,(H,26,28);1-7,14H,8-13H2,(H,22,24);1-8H;1-8H,(H,17,18);2-4H,1H3,(H2,8,9);1-3H,(H2,7,8)(H,9,10). The van der Waals surface area contributed by atoms with E-state index < -0.39 is 11.9 Å². The first-order valence-electron chi connectivity index (χ1n) is 37.0. The fourth-order valence-electron chi connectivity index (χ4n) is 12.5. The van der Waals surface area contributed by atoms with Crippen LogP contribution in [0.1, 0.15) is 20.7 Å². The van der Waals surface area contributed by atoms with Gasteiger partial charge < -0.3 is 56.2 Å². The Morgan fingerprint density at radius 1 is 0.496 bits per heavy atom. The second-order valence-electron chi connectivity index (χ2n) is 26.4. The zero-order chi connectivity index (χ0) is 80.4. The molecule has 14 aromatic rings. The van der Waals surface area contributed by atoms with Gasteiger partial charge in [0.1, 0.15) is 44.8 Å². The molecular weight excluding hydrogens is 1670 g/mol. The molecule has 29 heteroatoms. The van der Waals surface area contributed by atoms with Gasteiger partial charge in [-0.2, -0.15) is 0 Å². The number of nitrogens with two attached hydrogens (primary N) is 2. The minimum Gasteiger partial charge on any atom is -0.478 e. The lowest BCUT2D eigenvalue weighted by molar-refractivity contribution is 0.0398. The number of anilines is 5. The fraction of sp³-hybridized carbons (Fsp3) is 0.209. The summed E-state index contributed by atoms with van der Waals surface area (Å²) < 4.78 is 18.4. The number of carbonyl (C=O) groups excluding carboxylic acids is 1. The monoisotopic (exact) mass is 1750 g/mol. The highest BCUT2D eigenvalue weighted by Gasteiger charge is 2.19. The van der Waals surface area contributed by atoms with Crippen LogP contribution in [0.3, 0.4) is 0 Å². The average Bonchev–Trinajstić information content (AvgIpc) is 0.816. The lowest BCUT2D eigenvalue weighted by Crippen LogP contribution is -2.44. The number of hydrogen-bond donors (Lipinski definition) is 6. The molecule has 3 aliphatic heterocycles. The van der Waals surface area contributed by atoms with E-state index in [0.29, 0.717) is 16.1 Å². The third-order valence-electron chi connectivity index (χ3n) is 18.7. The van der Waals surface area contributed by atoms with Crippen LogP contribution in [0.2, 0.25) is 5.02 Å². The molecule has 13 heterocycles. The van der Waals surface area contributed by atoms with Gasteiger partial charge in [0, 0.05) is 163 Å². The van der Waals surface area contributed by atoms with Gasteiger partial charge in [0.15, 0.2) is 0 Å². The Morgan fingerprint density at radius 3 is 1.35 bits per heavy atom. The number of likely N-dealkylation sites (N-methyl/N-ethyl adjacent to an activating group) is 1. The predicted molar refractivity (Wildman–Crippen MR) is 468 cm³/mol. The van der Waals surface area contributed by atoms with Crippen molar-refractivity contribution in [3.05, 3.63) is 271 Å². The summed E-state index contributed by atoms with van der Waals surface area (Å²) in [6.07, 6.45) is 9.95. The Balaban J connectivity index is 0.000000133. The van der Waals surface area contributed by atoms with E-state index in [1.807, 2.05) is 128 Å². The number of morpholine rings is 2. The van der Waals surface area contributed by atoms with E-state index in [-0.39, 0.29) is 22.6 Å². The Kier molecular flexibility index (Phi) is 30.1. The Morgan fingerprint density at radius 2 is 0.896 bits per heavy atom. The molecule has 0 radical (unpaired) electrons. The highest BCUT2D eigenvalue weighted by atomic mass is 79.9. The summed E-state index contributed by atoms with van der Waals surface area (Å²) in [7, 11) is 3.49. The number of benzene rings is 4. The van der Waals surface area contributed by atoms with Crippen molar-refractivity contribution in [2.75, 3.05) is 146 Å². The van der Waals surface area contributed by atoms with Crippen molar-refractivity contribution in [3.63, 3.8) is 0 Å². The van der Waals surface area contributed by atoms with Crippen molar-refractivity contribution in [3.8, 4) is 45.0 Å². The summed E-state index contributed by atoms with van der Waals surface area (Å²) in [5.41, 5.74) is 28.5. The maximum absolute atomic E-state index is 11.9. The number of ether oxygens (including phenoxy) is 3. The average molecular weight is 1760 g/mol. The number of H-pyrrole nitrogens is 1. The quantitative estimate of drug-likeness (QED) is 0.0519. The Labute approximate surface area is 695 Å². The van der Waals surface area contributed by atoms with Crippen LogP contribution in [0.4, 0.5) is 28.7 Å². The van der Waals surface area contributed by atoms with Crippen LogP contribution in [0.25, 0.3) is 89.2 Å². The fourth-order valence-corrected chi connectivity index (χ4v) is 13.6. The van der Waals surface area contributed by atoms with Crippen molar-refractivity contribution in [2.24, 2.45) is 0 Å². The van der Waals surface area contributed by atoms with Crippen molar-refractivity contribution in [2.45, 2.75) is 0 Å². The molecule has 0 bridgehead atoms. The molecule has 0 amide bonds. The van der Waals surface area contributed by atoms with Crippen LogP contribution >= 0.6 is 59.4 Å². The second-order valence-corrected chi connectivity index (χ2v) is 29.6. The number of aromatic amines is 1. The number of carboxylic acid groups (broad SMARTS) is 1. The lowest BCUT2D eigenvalue weighted by Gasteiger charge is -2.34. The highest BCUT2D eigenvalue weighted by Crippen LogP contribution is 2.32. The maximum atomic E-state index is 11.9. The summed E-state index contributed by atoms with van der Waals surface area (Å²) in [5.74, 6) is -1.27. The predicted octanol–water partition coefficient (Wildman–Crippen LogP) is 15.5. The minimum absolute atomic E-state index is 0.0440. The van der Waals surface area contributed by atoms with Crippen molar-refractivity contribution >= 4 is 144 Å². The molecular formula is C86H84Br3ClN18O7. The number of carbonyl (C=O) groups is 2. The van der Waals surface area contributed by atoms with Gasteiger partial charge in [0.2, 0.25) is 5.43 Å². The van der Waals surface area contributed by atoms with Gasteiger partial charge in [-0.05, 0) is 152 Å². The number of halogens is 4. The number of nitrogen functional groups attached to an aromatic ring is 2. The SMILES string of the molecule is Brc1ccc(-c2cc(NCCN3CCOCC3)c3ncccc3n2)cc1.CN1CCN(c2ccc(-c3cc(NCCN4CCOCC4)c4ncccc4n3)cc2)CC1.COC(=O)c1cccnc1N.Clc1cc(-c2ccc(Br)cc2)nc2cccnc12.Nc1ncccc1C(=O)O.O=c1cc(-c2ccc(Br)cc2)[nH]c2cccnc12. The van der Waals surface area contributed by atoms with Crippen LogP contribution in [-0.4, -0.2) is 201 Å². The van der Waals surface area contributed by atoms with E-state index in [4.69, 9.17) is 47.6 Å². The molecule has 25 nitrogen and oxygen atoms in total. The number of fused-ring (bicyclic) bond motifs is 4. The number of carboxylic acids is 1. The van der Waals surface area contributed by atoms with Crippen LogP contribution < -0.4 is 32.4 Å². The molecule has 0 unspecified atom stereocenters. The minimum atomic E-state index is -1.05. The smallest absolute Gasteiger partial charge is 0.341 e. The summed E-state index contributed by atoms with van der Waals surface area (Å²) in [5, 5.41) is 16.2. The molecule has 8 N–H and O–H groups in total. The largest absolute Gasteiger partial charge is 0.478 e. The number of piperazine rings is 1. The van der Waals surface area contributed by atoms with E-state index in [2.05, 4.69) is 178 Å². The number of methoxy groups -OCH3 is 1. The summed E-state index contributed by atoms with van der Waals surface area (Å²) in [6, 6.07) is 62.0. The molecule has 0 saturated carbocycles. The van der Waals surface area contributed by atoms with Crippen molar-refractivity contribution in [1.82, 2.24) is 64.5 Å². The number of nitrogens with one attached hydrogen (secondary N) is 3. The first-order chi connectivity index (χ1) is 56.0. The van der Waals surface area contributed by atoms with E-state index in [1.54, 1.807) is 30.6 Å². The lowest BCUT2D eigenvalue weighted by atomic mass is 10.1. The maximum Gasteiger partial charge on any atom is 0.341 e. The number of aromatic nitrogens is 10. The molecule has 115 heavy (non-hydrogen) atoms. The number of rotatable bonds is 15. The molecule has 3 fully saturated rings. The van der Waals surface area contributed by atoms with Gasteiger partial charge in [0.25, 0.3) is 0 Å². The first-order valence-corrected chi connectivity index (χ1v) is 39.8. The molecule has 4 aromatic carbocycles. The number of pyridine rings is 10. The molecule has 3 saturated heterocycles. The van der Waals surface area contributed by atoms with Crippen LogP contribution in [0.15, 0.2) is 250 Å². The molecule has 0 atom stereocenters. The number of aromatic carboxylic acids is 1. The second kappa shape index (κ2) is 41.6. The number of esters is 1. The van der Waals surface area contributed by atoms with Crippen LogP contribution in [-0.2, 0) is 14.2 Å². The van der Waals surface area contributed by atoms with Gasteiger partial charge in [-0.15, -0.1) is 0 Å². The van der Waals surface area contributed by atoms with E-state index in [9.17, 15) is 14.4 Å². The number of hydrogen-bond acceptors (Lipinski definition) is 23. The van der Waals surface area contributed by atoms with Crippen LogP contribution in [0.5, 0.6) is 0 Å². The molecule has 588 valence electrons. The van der Waals surface area contributed by atoms with Gasteiger partial charge in [-0.3, -0.25) is 34.5 Å². The Hall–Kier alpha value is -11.3. The summed E-state index contributed by atoms with van der Waals surface area (Å²) in [6.45, 7) is 15.4. The van der Waals surface area contributed by atoms with Gasteiger partial charge in [-0.1, -0.05) is 108 Å². The topological polar surface area (TPSA) is 320 Å². The molecule has 0 aliphatic carbocycles. The molecule has 3 aliphatic rings. The highest BCUT2D eigenvalue weighted by molar-refractivity contribution is 9.11. The van der Waals surface area contributed by atoms with Gasteiger partial charge >= 0.3 is 11.9 Å². The van der Waals surface area contributed by atoms with Crippen molar-refractivity contribution in [1.29, 1.82) is 0 Å². The summed E-state index contributed by atoms with van der Waals surface area (Å²) in [4.78, 5) is 85.1. The van der Waals surface area contributed by atoms with Gasteiger partial charge in [0.05, 0.1) is 89.1 Å². The van der Waals surface area contributed by atoms with Crippen LogP contribution in [0, 0.1) is 0 Å². The number of nitrogens with zero attached hydrogens (tertiary/aromatic N) is 13. The normalized spacial score (nSPS) is 13.6. The Bertz CT molecular complexity index is 5630.